The van der Waals surface area contributed by atoms with Gasteiger partial charge >= 0.3 is 0 Å². The van der Waals surface area contributed by atoms with Gasteiger partial charge in [-0.15, -0.1) is 0 Å². The fraction of sp³-hybridized carbons (Fsp3) is 0.500. The van der Waals surface area contributed by atoms with Gasteiger partial charge in [0.1, 0.15) is 0 Å². The number of sulfone groups is 1. The van der Waals surface area contributed by atoms with E-state index in [4.69, 9.17) is 0 Å². The van der Waals surface area contributed by atoms with Crippen LogP contribution in [0.3, 0.4) is 0 Å². The van der Waals surface area contributed by atoms with Crippen LogP contribution in [-0.4, -0.2) is 30.9 Å². The summed E-state index contributed by atoms with van der Waals surface area (Å²) < 4.78 is 50.4. The van der Waals surface area contributed by atoms with Crippen molar-refractivity contribution < 1.29 is 22.1 Å². The minimum absolute atomic E-state index is 0.390. The lowest BCUT2D eigenvalue weighted by Gasteiger charge is -2.20. The van der Waals surface area contributed by atoms with Gasteiger partial charge in [0.15, 0.2) is 27.2 Å². The lowest BCUT2D eigenvalue weighted by atomic mass is 10.2. The number of nitro groups is 1. The molecule has 1 saturated carbocycles. The SMILES string of the molecule is CS(=O)(=O)C1CCCC1Nc1c([N+](=O)[O-])ccc(F)c1F. The molecule has 2 atom stereocenters. The Morgan fingerprint density at radius 1 is 1.33 bits per heavy atom. The van der Waals surface area contributed by atoms with Crippen LogP contribution in [0.25, 0.3) is 0 Å². The molecular formula is C12H14F2N2O4S. The monoisotopic (exact) mass is 320 g/mol. The molecule has 0 saturated heterocycles. The summed E-state index contributed by atoms with van der Waals surface area (Å²) in [4.78, 5) is 10.1. The summed E-state index contributed by atoms with van der Waals surface area (Å²) >= 11 is 0. The van der Waals surface area contributed by atoms with Gasteiger partial charge < -0.3 is 5.32 Å². The molecule has 2 unspecified atom stereocenters. The Balaban J connectivity index is 2.39. The van der Waals surface area contributed by atoms with Crippen LogP contribution in [0.2, 0.25) is 0 Å². The maximum Gasteiger partial charge on any atom is 0.295 e. The summed E-state index contributed by atoms with van der Waals surface area (Å²) in [6.07, 6.45) is 2.47. The maximum absolute atomic E-state index is 13.8. The van der Waals surface area contributed by atoms with Crippen molar-refractivity contribution in [1.82, 2.24) is 0 Å². The number of anilines is 1. The molecule has 0 radical (unpaired) electrons. The third kappa shape index (κ3) is 3.12. The molecule has 0 heterocycles. The van der Waals surface area contributed by atoms with Gasteiger partial charge in [0.25, 0.3) is 5.69 Å². The molecule has 0 aromatic heterocycles. The zero-order valence-electron chi connectivity index (χ0n) is 11.2. The van der Waals surface area contributed by atoms with E-state index >= 15 is 0 Å². The van der Waals surface area contributed by atoms with E-state index in [-0.39, 0.29) is 0 Å². The Morgan fingerprint density at radius 3 is 2.57 bits per heavy atom. The average molecular weight is 320 g/mol. The van der Waals surface area contributed by atoms with Crippen molar-refractivity contribution in [3.05, 3.63) is 33.9 Å². The number of rotatable bonds is 4. The van der Waals surface area contributed by atoms with Crippen molar-refractivity contribution in [3.63, 3.8) is 0 Å². The number of nitrogens with one attached hydrogen (secondary N) is 1. The van der Waals surface area contributed by atoms with E-state index in [2.05, 4.69) is 5.32 Å². The standard InChI is InChI=1S/C12H14F2N2O4S/c1-21(19,20)10-4-2-3-8(10)15-12-9(16(17)18)6-5-7(13)11(12)14/h5-6,8,10,15H,2-4H2,1H3. The van der Waals surface area contributed by atoms with E-state index in [1.807, 2.05) is 0 Å². The quantitative estimate of drug-likeness (QED) is 0.679. The van der Waals surface area contributed by atoms with E-state index in [1.165, 1.54) is 0 Å². The topological polar surface area (TPSA) is 89.3 Å². The first-order chi connectivity index (χ1) is 9.71. The minimum atomic E-state index is -3.38. The summed E-state index contributed by atoms with van der Waals surface area (Å²) in [7, 11) is -3.38. The second kappa shape index (κ2) is 5.55. The van der Waals surface area contributed by atoms with Crippen LogP contribution in [0.5, 0.6) is 0 Å². The average Bonchev–Trinajstić information content (AvgIpc) is 2.82. The van der Waals surface area contributed by atoms with Crippen molar-refractivity contribution in [2.45, 2.75) is 30.6 Å². The predicted octanol–water partition coefficient (Wildman–Crippen LogP) is 2.25. The molecule has 0 aliphatic heterocycles. The van der Waals surface area contributed by atoms with E-state index in [1.54, 1.807) is 0 Å². The third-order valence-corrected chi connectivity index (χ3v) is 5.27. The lowest BCUT2D eigenvalue weighted by Crippen LogP contribution is -2.34. The zero-order valence-corrected chi connectivity index (χ0v) is 12.0. The first-order valence-electron chi connectivity index (χ1n) is 6.29. The van der Waals surface area contributed by atoms with Crippen molar-refractivity contribution in [2.75, 3.05) is 11.6 Å². The van der Waals surface area contributed by atoms with Crippen molar-refractivity contribution >= 4 is 21.2 Å². The van der Waals surface area contributed by atoms with Crippen LogP contribution < -0.4 is 5.32 Å². The number of benzene rings is 1. The van der Waals surface area contributed by atoms with Gasteiger partial charge in [-0.25, -0.2) is 17.2 Å². The van der Waals surface area contributed by atoms with E-state index in [0.29, 0.717) is 25.3 Å². The summed E-state index contributed by atoms with van der Waals surface area (Å²) in [5.74, 6) is -2.60. The largest absolute Gasteiger partial charge is 0.373 e. The normalized spacial score (nSPS) is 22.2. The van der Waals surface area contributed by atoms with Gasteiger partial charge in [-0.1, -0.05) is 0 Å². The fourth-order valence-corrected chi connectivity index (χ4v) is 4.01. The first kappa shape index (κ1) is 15.6. The summed E-state index contributed by atoms with van der Waals surface area (Å²) in [5, 5.41) is 12.7. The maximum atomic E-state index is 13.8. The highest BCUT2D eigenvalue weighted by Gasteiger charge is 2.36. The fourth-order valence-electron chi connectivity index (χ4n) is 2.62. The Kier molecular flexibility index (Phi) is 4.13. The molecule has 1 aliphatic carbocycles. The molecule has 0 spiro atoms. The summed E-state index contributed by atoms with van der Waals surface area (Å²) in [6, 6.07) is 0.849. The second-order valence-corrected chi connectivity index (χ2v) is 7.33. The minimum Gasteiger partial charge on any atom is -0.373 e. The molecule has 0 bridgehead atoms. The van der Waals surface area contributed by atoms with E-state index < -0.39 is 49.1 Å². The Bertz CT molecular complexity index is 678. The van der Waals surface area contributed by atoms with Crippen LogP contribution in [0.15, 0.2) is 12.1 Å². The molecule has 2 rings (SSSR count). The summed E-state index contributed by atoms with van der Waals surface area (Å²) in [6.45, 7) is 0. The first-order valence-corrected chi connectivity index (χ1v) is 8.25. The zero-order chi connectivity index (χ0) is 15.8. The molecule has 1 aliphatic rings. The Morgan fingerprint density at radius 2 is 2.00 bits per heavy atom. The number of nitro benzene ring substituents is 1. The molecule has 1 N–H and O–H groups in total. The third-order valence-electron chi connectivity index (χ3n) is 3.60. The number of nitrogens with zero attached hydrogens (tertiary/aromatic N) is 1. The second-order valence-electron chi connectivity index (χ2n) is 5.06. The van der Waals surface area contributed by atoms with Crippen LogP contribution >= 0.6 is 0 Å². The highest BCUT2D eigenvalue weighted by atomic mass is 32.2. The molecule has 1 aromatic carbocycles. The van der Waals surface area contributed by atoms with Crippen molar-refractivity contribution in [2.24, 2.45) is 0 Å². The van der Waals surface area contributed by atoms with Gasteiger partial charge in [-0.3, -0.25) is 10.1 Å². The van der Waals surface area contributed by atoms with E-state index in [9.17, 15) is 27.3 Å². The van der Waals surface area contributed by atoms with Gasteiger partial charge in [0, 0.05) is 18.4 Å². The van der Waals surface area contributed by atoms with Gasteiger partial charge in [0.2, 0.25) is 0 Å². The number of halogens is 2. The molecule has 0 amide bonds. The van der Waals surface area contributed by atoms with Crippen LogP contribution in [-0.2, 0) is 9.84 Å². The molecule has 1 aromatic rings. The molecule has 21 heavy (non-hydrogen) atoms. The van der Waals surface area contributed by atoms with E-state index in [0.717, 1.165) is 12.3 Å². The smallest absolute Gasteiger partial charge is 0.295 e. The molecular weight excluding hydrogens is 306 g/mol. The molecule has 9 heteroatoms. The van der Waals surface area contributed by atoms with Crippen LogP contribution in [0.1, 0.15) is 19.3 Å². The number of hydrogen-bond donors (Lipinski definition) is 1. The van der Waals surface area contributed by atoms with Crippen molar-refractivity contribution in [3.8, 4) is 0 Å². The Labute approximate surface area is 120 Å². The molecule has 6 nitrogen and oxygen atoms in total. The predicted molar refractivity (Wildman–Crippen MR) is 72.9 cm³/mol. The van der Waals surface area contributed by atoms with Crippen LogP contribution in [0.4, 0.5) is 20.2 Å². The van der Waals surface area contributed by atoms with Crippen molar-refractivity contribution in [1.29, 1.82) is 0 Å². The highest BCUT2D eigenvalue weighted by molar-refractivity contribution is 7.91. The molecule has 116 valence electrons. The van der Waals surface area contributed by atoms with Crippen LogP contribution in [0, 0.1) is 21.7 Å². The molecule has 1 fully saturated rings. The summed E-state index contributed by atoms with van der Waals surface area (Å²) in [5.41, 5.74) is -1.21. The van der Waals surface area contributed by atoms with Gasteiger partial charge in [-0.05, 0) is 25.3 Å². The number of hydrogen-bond acceptors (Lipinski definition) is 5. The van der Waals surface area contributed by atoms with Gasteiger partial charge in [-0.2, -0.15) is 0 Å². The Hall–Kier alpha value is -1.77. The highest BCUT2D eigenvalue weighted by Crippen LogP contribution is 2.34. The van der Waals surface area contributed by atoms with Gasteiger partial charge in [0.05, 0.1) is 10.2 Å². The lowest BCUT2D eigenvalue weighted by molar-refractivity contribution is -0.384.